The zero-order valence-corrected chi connectivity index (χ0v) is 12.8. The van der Waals surface area contributed by atoms with E-state index in [1.807, 2.05) is 0 Å². The maximum Gasteiger partial charge on any atom is 0.313 e. The summed E-state index contributed by atoms with van der Waals surface area (Å²) in [6, 6.07) is -0.506. The molecule has 1 amide bonds. The lowest BCUT2D eigenvalue weighted by atomic mass is 9.89. The lowest BCUT2D eigenvalue weighted by Gasteiger charge is -2.52. The van der Waals surface area contributed by atoms with Crippen molar-refractivity contribution < 1.29 is 19.1 Å². The molecule has 3 atom stereocenters. The first kappa shape index (κ1) is 14.7. The van der Waals surface area contributed by atoms with E-state index in [1.54, 1.807) is 11.8 Å². The first-order valence-corrected chi connectivity index (χ1v) is 8.30. The van der Waals surface area contributed by atoms with Crippen LogP contribution < -0.4 is 5.73 Å². The summed E-state index contributed by atoms with van der Waals surface area (Å²) >= 11 is 2.62. The Morgan fingerprint density at radius 2 is 2.43 bits per heavy atom. The average Bonchev–Trinajstić information content (AvgIpc) is 2.89. The summed E-state index contributed by atoms with van der Waals surface area (Å²) in [5.74, 6) is -0.00130. The van der Waals surface area contributed by atoms with E-state index in [0.717, 1.165) is 0 Å². The first-order chi connectivity index (χ1) is 9.93. The number of carbonyl (C=O) groups excluding carboxylic acids is 1. The van der Waals surface area contributed by atoms with Crippen molar-refractivity contribution in [2.45, 2.75) is 23.6 Å². The molecule has 0 bridgehead atoms. The Hall–Kier alpha value is -1.26. The predicted molar refractivity (Wildman–Crippen MR) is 75.8 cm³/mol. The van der Waals surface area contributed by atoms with Crippen LogP contribution in [0.1, 0.15) is 5.89 Å². The summed E-state index contributed by atoms with van der Waals surface area (Å²) in [6.07, 6.45) is 0. The van der Waals surface area contributed by atoms with Gasteiger partial charge in [0.15, 0.2) is 0 Å². The minimum Gasteiger partial charge on any atom is -0.481 e. The van der Waals surface area contributed by atoms with Gasteiger partial charge in [0, 0.05) is 25.0 Å². The molecule has 21 heavy (non-hydrogen) atoms. The van der Waals surface area contributed by atoms with E-state index < -0.39 is 17.4 Å². The number of carboxylic acid groups (broad SMARTS) is 1. The van der Waals surface area contributed by atoms with Crippen LogP contribution in [0, 0.1) is 12.3 Å². The van der Waals surface area contributed by atoms with Gasteiger partial charge in [-0.25, -0.2) is 0 Å². The minimum absolute atomic E-state index is 0.0966. The van der Waals surface area contributed by atoms with Gasteiger partial charge in [-0.3, -0.25) is 9.59 Å². The largest absolute Gasteiger partial charge is 0.481 e. The fourth-order valence-corrected chi connectivity index (χ4v) is 4.96. The molecular formula is C11H14N4O4S2. The number of fused-ring (bicyclic) bond motifs is 1. The predicted octanol–water partition coefficient (Wildman–Crippen LogP) is -0.216. The number of aryl methyl sites for hydroxylation is 1. The molecule has 0 aliphatic carbocycles. The van der Waals surface area contributed by atoms with Crippen LogP contribution in [0.3, 0.4) is 0 Å². The molecule has 0 aromatic carbocycles. The third kappa shape index (κ3) is 2.40. The number of aromatic nitrogens is 2. The quantitative estimate of drug-likeness (QED) is 0.570. The second kappa shape index (κ2) is 5.18. The van der Waals surface area contributed by atoms with Gasteiger partial charge in [0.2, 0.25) is 11.8 Å². The molecule has 2 fully saturated rings. The monoisotopic (exact) mass is 330 g/mol. The zero-order chi connectivity index (χ0) is 15.2. The number of thioether (sulfide) groups is 2. The van der Waals surface area contributed by atoms with Gasteiger partial charge in [-0.15, -0.1) is 22.0 Å². The molecule has 2 saturated heterocycles. The van der Waals surface area contributed by atoms with Crippen molar-refractivity contribution in [2.24, 2.45) is 11.1 Å². The van der Waals surface area contributed by atoms with Gasteiger partial charge < -0.3 is 20.2 Å². The van der Waals surface area contributed by atoms with Gasteiger partial charge in [-0.1, -0.05) is 11.8 Å². The fourth-order valence-electron chi connectivity index (χ4n) is 2.34. The molecule has 1 aromatic rings. The van der Waals surface area contributed by atoms with E-state index in [0.29, 0.717) is 16.9 Å². The maximum absolute atomic E-state index is 11.7. The molecule has 114 valence electrons. The third-order valence-corrected chi connectivity index (χ3v) is 6.34. The van der Waals surface area contributed by atoms with Crippen LogP contribution in [0.5, 0.6) is 0 Å². The number of hydrogen-bond donors (Lipinski definition) is 2. The van der Waals surface area contributed by atoms with E-state index in [1.165, 1.54) is 23.5 Å². The highest BCUT2D eigenvalue weighted by molar-refractivity contribution is 8.00. The number of amides is 1. The number of carboxylic acids is 1. The van der Waals surface area contributed by atoms with E-state index >= 15 is 0 Å². The van der Waals surface area contributed by atoms with Crippen LogP contribution >= 0.6 is 23.5 Å². The zero-order valence-electron chi connectivity index (χ0n) is 11.2. The van der Waals surface area contributed by atoms with Crippen molar-refractivity contribution in [3.05, 3.63) is 5.89 Å². The summed E-state index contributed by atoms with van der Waals surface area (Å²) in [5.41, 5.74) is 4.69. The van der Waals surface area contributed by atoms with Gasteiger partial charge in [-0.05, 0) is 0 Å². The number of carbonyl (C=O) groups is 2. The van der Waals surface area contributed by atoms with Gasteiger partial charge in [0.05, 0.1) is 0 Å². The number of hydrogen-bond acceptors (Lipinski definition) is 8. The normalized spacial score (nSPS) is 31.7. The first-order valence-electron chi connectivity index (χ1n) is 6.27. The van der Waals surface area contributed by atoms with Gasteiger partial charge in [-0.2, -0.15) is 0 Å². The maximum atomic E-state index is 11.7. The van der Waals surface area contributed by atoms with Gasteiger partial charge >= 0.3 is 5.97 Å². The summed E-state index contributed by atoms with van der Waals surface area (Å²) in [7, 11) is 0. The van der Waals surface area contributed by atoms with Gasteiger partial charge in [0.25, 0.3) is 5.22 Å². The highest BCUT2D eigenvalue weighted by atomic mass is 32.2. The van der Waals surface area contributed by atoms with Crippen LogP contribution in [0.2, 0.25) is 0 Å². The molecule has 0 saturated carbocycles. The molecule has 2 aliphatic rings. The summed E-state index contributed by atoms with van der Waals surface area (Å²) in [6.45, 7) is 1.85. The molecule has 3 heterocycles. The highest BCUT2D eigenvalue weighted by Crippen LogP contribution is 2.43. The van der Waals surface area contributed by atoms with Crippen molar-refractivity contribution in [3.8, 4) is 0 Å². The molecule has 2 aliphatic heterocycles. The van der Waals surface area contributed by atoms with E-state index in [-0.39, 0.29) is 23.6 Å². The van der Waals surface area contributed by atoms with Crippen molar-refractivity contribution >= 4 is 35.4 Å². The smallest absolute Gasteiger partial charge is 0.313 e. The van der Waals surface area contributed by atoms with Crippen molar-refractivity contribution in [1.82, 2.24) is 15.1 Å². The number of nitrogens with two attached hydrogens (primary N) is 1. The SMILES string of the molecule is Cc1nnc(SCC2(C(=O)O)CS[C@@H]3C(N)C(=O)N3C2)o1. The van der Waals surface area contributed by atoms with Crippen LogP contribution in [0.4, 0.5) is 0 Å². The number of nitrogens with zero attached hydrogens (tertiary/aromatic N) is 3. The Kier molecular flexibility index (Phi) is 3.62. The average molecular weight is 330 g/mol. The summed E-state index contributed by atoms with van der Waals surface area (Å²) in [4.78, 5) is 25.0. The number of aliphatic carboxylic acids is 1. The second-order valence-corrected chi connectivity index (χ2v) is 7.19. The molecule has 2 unspecified atom stereocenters. The molecular weight excluding hydrogens is 316 g/mol. The van der Waals surface area contributed by atoms with Crippen molar-refractivity contribution in [2.75, 3.05) is 18.1 Å². The summed E-state index contributed by atoms with van der Waals surface area (Å²) in [5, 5.41) is 17.4. The molecule has 10 heteroatoms. The van der Waals surface area contributed by atoms with E-state index in [9.17, 15) is 14.7 Å². The highest BCUT2D eigenvalue weighted by Gasteiger charge is 2.55. The van der Waals surface area contributed by atoms with E-state index in [4.69, 9.17) is 10.2 Å². The van der Waals surface area contributed by atoms with Crippen LogP contribution in [-0.4, -0.2) is 61.5 Å². The van der Waals surface area contributed by atoms with Gasteiger partial charge in [0.1, 0.15) is 16.8 Å². The molecule has 3 rings (SSSR count). The molecule has 0 spiro atoms. The lowest BCUT2D eigenvalue weighted by Crippen LogP contribution is -2.72. The molecule has 8 nitrogen and oxygen atoms in total. The van der Waals surface area contributed by atoms with Crippen molar-refractivity contribution in [1.29, 1.82) is 0 Å². The Labute approximate surface area is 128 Å². The van der Waals surface area contributed by atoms with Crippen LogP contribution in [0.25, 0.3) is 0 Å². The Bertz CT molecular complexity index is 595. The van der Waals surface area contributed by atoms with Crippen LogP contribution in [-0.2, 0) is 9.59 Å². The second-order valence-electron chi connectivity index (χ2n) is 5.15. The minimum atomic E-state index is -1.02. The Morgan fingerprint density at radius 1 is 1.67 bits per heavy atom. The Balaban J connectivity index is 1.72. The molecule has 1 aromatic heterocycles. The summed E-state index contributed by atoms with van der Waals surface area (Å²) < 4.78 is 5.24. The third-order valence-electron chi connectivity index (χ3n) is 3.62. The van der Waals surface area contributed by atoms with Crippen molar-refractivity contribution in [3.63, 3.8) is 0 Å². The topological polar surface area (TPSA) is 123 Å². The lowest BCUT2D eigenvalue weighted by molar-refractivity contribution is -0.155. The molecule has 3 N–H and O–H groups in total. The number of β-lactam (4-membered cyclic amide) rings is 1. The molecule has 0 radical (unpaired) electrons. The Morgan fingerprint density at radius 3 is 3.05 bits per heavy atom. The van der Waals surface area contributed by atoms with Crippen LogP contribution in [0.15, 0.2) is 9.64 Å². The van der Waals surface area contributed by atoms with E-state index in [2.05, 4.69) is 10.2 Å². The number of rotatable bonds is 4. The standard InChI is InChI=1S/C11H14N4O4S2/c1-5-13-14-10(19-5)21-4-11(9(17)18)2-15-7(16)6(12)8(15)20-3-11/h6,8H,2-4,12H2,1H3,(H,17,18)/t6?,8-,11?/m1/s1. The fraction of sp³-hybridized carbons (Fsp3) is 0.636.